The number of hydrogen-bond acceptors (Lipinski definition) is 4. The summed E-state index contributed by atoms with van der Waals surface area (Å²) in [5.41, 5.74) is 0.366. The summed E-state index contributed by atoms with van der Waals surface area (Å²) >= 11 is 0. The molecule has 0 bridgehead atoms. The smallest absolute Gasteiger partial charge is 0.417 e. The second-order valence-electron chi connectivity index (χ2n) is 6.70. The number of halogens is 3. The fourth-order valence-corrected chi connectivity index (χ4v) is 3.26. The van der Waals surface area contributed by atoms with E-state index in [1.54, 1.807) is 32.3 Å². The van der Waals surface area contributed by atoms with Crippen LogP contribution in [0.4, 0.5) is 18.9 Å². The molecule has 1 N–H and O–H groups in total. The van der Waals surface area contributed by atoms with Crippen molar-refractivity contribution in [1.29, 1.82) is 0 Å². The van der Waals surface area contributed by atoms with Crippen LogP contribution >= 0.6 is 0 Å². The zero-order valence-corrected chi connectivity index (χ0v) is 15.6. The summed E-state index contributed by atoms with van der Waals surface area (Å²) in [6, 6.07) is 6.78. The van der Waals surface area contributed by atoms with Crippen LogP contribution in [0.15, 0.2) is 39.5 Å². The molecule has 0 aliphatic rings. The number of pyridine rings is 1. The molecule has 1 aromatic carbocycles. The molecule has 4 aromatic rings. The summed E-state index contributed by atoms with van der Waals surface area (Å²) in [5.74, 6) is -1.03. The number of carbonyl (C=O) groups is 1. The number of alkyl halides is 3. The Bertz CT molecular complexity index is 1340. The fourth-order valence-electron chi connectivity index (χ4n) is 3.26. The molecule has 1 amide bonds. The first-order chi connectivity index (χ1) is 13.6. The Hall–Kier alpha value is -3.56. The molecule has 0 radical (unpaired) electrons. The van der Waals surface area contributed by atoms with Crippen LogP contribution in [0.1, 0.15) is 21.8 Å². The summed E-state index contributed by atoms with van der Waals surface area (Å²) in [6.45, 7) is 1.41. The molecule has 3 aromatic heterocycles. The molecule has 3 heterocycles. The van der Waals surface area contributed by atoms with Gasteiger partial charge in [-0.1, -0.05) is 0 Å². The van der Waals surface area contributed by atoms with Gasteiger partial charge in [-0.25, -0.2) is 9.78 Å². The fraction of sp³-hybridized carbons (Fsp3) is 0.211. The monoisotopic (exact) mass is 404 g/mol. The summed E-state index contributed by atoms with van der Waals surface area (Å²) in [6.07, 6.45) is -4.60. The van der Waals surface area contributed by atoms with Gasteiger partial charge in [0.25, 0.3) is 5.91 Å². The Morgan fingerprint density at radius 3 is 2.48 bits per heavy atom. The lowest BCUT2D eigenvalue weighted by Crippen LogP contribution is -2.19. The highest BCUT2D eigenvalue weighted by Crippen LogP contribution is 2.36. The van der Waals surface area contributed by atoms with Crippen LogP contribution in [0.2, 0.25) is 0 Å². The Balaban J connectivity index is 1.72. The summed E-state index contributed by atoms with van der Waals surface area (Å²) in [7, 11) is 3.23. The maximum absolute atomic E-state index is 13.3. The second kappa shape index (κ2) is 6.23. The van der Waals surface area contributed by atoms with Gasteiger partial charge in [0.05, 0.1) is 22.0 Å². The van der Waals surface area contributed by atoms with Crippen molar-refractivity contribution in [2.75, 3.05) is 5.32 Å². The minimum atomic E-state index is -4.60. The number of aryl methyl sites for hydroxylation is 3. The molecule has 0 unspecified atom stereocenters. The lowest BCUT2D eigenvalue weighted by Gasteiger charge is -2.07. The molecular weight excluding hydrogens is 389 g/mol. The molecule has 4 rings (SSSR count). The third kappa shape index (κ3) is 3.06. The van der Waals surface area contributed by atoms with Crippen molar-refractivity contribution in [1.82, 2.24) is 14.1 Å². The Morgan fingerprint density at radius 1 is 1.10 bits per heavy atom. The van der Waals surface area contributed by atoms with E-state index in [-0.39, 0.29) is 28.2 Å². The standard InChI is InChI=1S/C19H15F3N4O3/c1-9-6-12(19(20,21)22)11-8-15(29-17(11)23-9)16(27)24-10-4-5-13-14(7-10)26(3)18(28)25(13)2/h4-8H,1-3H3,(H,24,27). The quantitative estimate of drug-likeness (QED) is 0.554. The van der Waals surface area contributed by atoms with Crippen molar-refractivity contribution in [3.8, 4) is 0 Å². The van der Waals surface area contributed by atoms with Gasteiger partial charge < -0.3 is 9.73 Å². The Morgan fingerprint density at radius 2 is 1.79 bits per heavy atom. The van der Waals surface area contributed by atoms with Gasteiger partial charge in [0.15, 0.2) is 5.76 Å². The molecule has 150 valence electrons. The van der Waals surface area contributed by atoms with Crippen LogP contribution in [0.5, 0.6) is 0 Å². The average Bonchev–Trinajstić information content (AvgIpc) is 3.16. The number of imidazole rings is 1. The third-order valence-corrected chi connectivity index (χ3v) is 4.69. The second-order valence-corrected chi connectivity index (χ2v) is 6.70. The van der Waals surface area contributed by atoms with Crippen LogP contribution in [-0.2, 0) is 20.3 Å². The lowest BCUT2D eigenvalue weighted by molar-refractivity contribution is -0.136. The third-order valence-electron chi connectivity index (χ3n) is 4.69. The van der Waals surface area contributed by atoms with Gasteiger partial charge in [-0.3, -0.25) is 13.9 Å². The molecule has 7 nitrogen and oxygen atoms in total. The van der Waals surface area contributed by atoms with Crippen molar-refractivity contribution < 1.29 is 22.4 Å². The molecular formula is C19H15F3N4O3. The predicted molar refractivity (Wildman–Crippen MR) is 99.9 cm³/mol. The maximum atomic E-state index is 13.3. The van der Waals surface area contributed by atoms with E-state index in [0.29, 0.717) is 16.7 Å². The number of furan rings is 1. The van der Waals surface area contributed by atoms with Gasteiger partial charge in [0, 0.05) is 25.5 Å². The average molecular weight is 404 g/mol. The van der Waals surface area contributed by atoms with Crippen LogP contribution < -0.4 is 11.0 Å². The first-order valence-electron chi connectivity index (χ1n) is 8.51. The number of fused-ring (bicyclic) bond motifs is 2. The predicted octanol–water partition coefficient (Wildman–Crippen LogP) is 3.60. The number of nitrogens with one attached hydrogen (secondary N) is 1. The molecule has 0 saturated heterocycles. The lowest BCUT2D eigenvalue weighted by atomic mass is 10.1. The van der Waals surface area contributed by atoms with Crippen molar-refractivity contribution in [3.63, 3.8) is 0 Å². The van der Waals surface area contributed by atoms with Crippen molar-refractivity contribution in [2.24, 2.45) is 14.1 Å². The van der Waals surface area contributed by atoms with Gasteiger partial charge in [-0.15, -0.1) is 0 Å². The van der Waals surface area contributed by atoms with Crippen molar-refractivity contribution in [2.45, 2.75) is 13.1 Å². The summed E-state index contributed by atoms with van der Waals surface area (Å²) in [4.78, 5) is 28.5. The zero-order valence-electron chi connectivity index (χ0n) is 15.6. The first-order valence-corrected chi connectivity index (χ1v) is 8.51. The molecule has 0 atom stereocenters. The van der Waals surface area contributed by atoms with Gasteiger partial charge >= 0.3 is 11.9 Å². The van der Waals surface area contributed by atoms with E-state index >= 15 is 0 Å². The number of amides is 1. The van der Waals surface area contributed by atoms with E-state index in [0.717, 1.165) is 12.1 Å². The number of hydrogen-bond donors (Lipinski definition) is 1. The Kier molecular flexibility index (Phi) is 4.03. The number of rotatable bonds is 2. The van der Waals surface area contributed by atoms with Gasteiger partial charge in [-0.2, -0.15) is 13.2 Å². The highest BCUT2D eigenvalue weighted by molar-refractivity contribution is 6.05. The highest BCUT2D eigenvalue weighted by Gasteiger charge is 2.34. The summed E-state index contributed by atoms with van der Waals surface area (Å²) in [5, 5.41) is 2.29. The maximum Gasteiger partial charge on any atom is 0.417 e. The molecule has 0 aliphatic heterocycles. The normalized spacial score (nSPS) is 12.1. The number of nitrogens with zero attached hydrogens (tertiary/aromatic N) is 3. The number of anilines is 1. The van der Waals surface area contributed by atoms with Crippen LogP contribution in [0.3, 0.4) is 0 Å². The minimum Gasteiger partial charge on any atom is -0.433 e. The molecule has 0 aliphatic carbocycles. The van der Waals surface area contributed by atoms with E-state index in [4.69, 9.17) is 4.42 Å². The van der Waals surface area contributed by atoms with E-state index in [1.807, 2.05) is 0 Å². The first kappa shape index (κ1) is 18.8. The van der Waals surface area contributed by atoms with Crippen LogP contribution in [-0.4, -0.2) is 20.0 Å². The number of aromatic nitrogens is 3. The van der Waals surface area contributed by atoms with Gasteiger partial charge in [0.1, 0.15) is 0 Å². The molecule has 0 spiro atoms. The van der Waals surface area contributed by atoms with E-state index in [1.165, 1.54) is 16.1 Å². The highest BCUT2D eigenvalue weighted by atomic mass is 19.4. The van der Waals surface area contributed by atoms with E-state index in [9.17, 15) is 22.8 Å². The zero-order chi connectivity index (χ0) is 21.1. The molecule has 0 fully saturated rings. The topological polar surface area (TPSA) is 82.1 Å². The van der Waals surface area contributed by atoms with Crippen LogP contribution in [0, 0.1) is 6.92 Å². The molecule has 29 heavy (non-hydrogen) atoms. The van der Waals surface area contributed by atoms with Crippen molar-refractivity contribution >= 4 is 33.7 Å². The van der Waals surface area contributed by atoms with E-state index in [2.05, 4.69) is 10.3 Å². The Labute approximate surface area is 161 Å². The largest absolute Gasteiger partial charge is 0.433 e. The number of carbonyl (C=O) groups excluding carboxylic acids is 1. The van der Waals surface area contributed by atoms with Crippen molar-refractivity contribution in [3.05, 3.63) is 57.8 Å². The number of benzene rings is 1. The summed E-state index contributed by atoms with van der Waals surface area (Å²) < 4.78 is 48.0. The molecule has 0 saturated carbocycles. The van der Waals surface area contributed by atoms with Gasteiger partial charge in [0.2, 0.25) is 5.71 Å². The van der Waals surface area contributed by atoms with Crippen LogP contribution in [0.25, 0.3) is 22.1 Å². The van der Waals surface area contributed by atoms with Gasteiger partial charge in [-0.05, 0) is 37.3 Å². The SMILES string of the molecule is Cc1cc(C(F)(F)F)c2cc(C(=O)Nc3ccc4c(c3)n(C)c(=O)n4C)oc2n1. The molecule has 10 heteroatoms. The minimum absolute atomic E-state index is 0.126. The van der Waals surface area contributed by atoms with E-state index < -0.39 is 17.6 Å².